The third kappa shape index (κ3) is 6.24. The monoisotopic (exact) mass is 552 g/mol. The predicted octanol–water partition coefficient (Wildman–Crippen LogP) is 3.13. The van der Waals surface area contributed by atoms with Crippen molar-refractivity contribution in [3.63, 3.8) is 0 Å². The van der Waals surface area contributed by atoms with E-state index in [0.717, 1.165) is 42.4 Å². The van der Waals surface area contributed by atoms with Gasteiger partial charge in [-0.2, -0.15) is 0 Å². The summed E-state index contributed by atoms with van der Waals surface area (Å²) in [5, 5.41) is 35.2. The van der Waals surface area contributed by atoms with Gasteiger partial charge >= 0.3 is 6.09 Å². The van der Waals surface area contributed by atoms with Gasteiger partial charge in [0.1, 0.15) is 12.4 Å². The summed E-state index contributed by atoms with van der Waals surface area (Å²) in [5.41, 5.74) is 2.05. The van der Waals surface area contributed by atoms with E-state index in [2.05, 4.69) is 10.5 Å². The molecule has 0 unspecified atom stereocenters. The quantitative estimate of drug-likeness (QED) is 0.0738. The molecule has 1 amide bonds. The maximum atomic E-state index is 13.2. The molecule has 2 aliphatic carbocycles. The summed E-state index contributed by atoms with van der Waals surface area (Å²) in [6, 6.07) is 10.4. The lowest BCUT2D eigenvalue weighted by atomic mass is 9.73. The van der Waals surface area contributed by atoms with Crippen LogP contribution in [0, 0.1) is 5.92 Å². The molecule has 0 radical (unpaired) electrons. The number of oxime groups is 1. The number of carbonyl (C=O) groups excluding carboxylic acids is 3. The summed E-state index contributed by atoms with van der Waals surface area (Å²) < 4.78 is 5.59. The summed E-state index contributed by atoms with van der Waals surface area (Å²) in [5.74, 6) is 0.182. The fourth-order valence-corrected chi connectivity index (χ4v) is 5.94. The maximum Gasteiger partial charge on any atom is 0.433 e. The molecule has 4 rings (SSSR count). The van der Waals surface area contributed by atoms with E-state index in [1.807, 2.05) is 6.07 Å². The number of fused-ring (bicyclic) bond motifs is 3. The Bertz CT molecular complexity index is 1250. The van der Waals surface area contributed by atoms with Crippen molar-refractivity contribution in [1.82, 2.24) is 5.32 Å². The smallest absolute Gasteiger partial charge is 0.433 e. The Kier molecular flexibility index (Phi) is 10.0. The van der Waals surface area contributed by atoms with Gasteiger partial charge in [0, 0.05) is 30.7 Å². The normalized spacial score (nSPS) is 16.1. The van der Waals surface area contributed by atoms with Crippen molar-refractivity contribution >= 4 is 23.9 Å². The number of ether oxygens (including phenoxy) is 1. The zero-order chi connectivity index (χ0) is 28.5. The highest BCUT2D eigenvalue weighted by molar-refractivity contribution is 6.63. The number of hydrogen-bond donors (Lipinski definition) is 4. The number of nitrogens with zero attached hydrogens (tertiary/aromatic N) is 1. The van der Waals surface area contributed by atoms with Crippen molar-refractivity contribution in [2.45, 2.75) is 50.4 Å². The lowest BCUT2D eigenvalue weighted by molar-refractivity contribution is -0.102. The van der Waals surface area contributed by atoms with Crippen LogP contribution in [-0.2, 0) is 15.0 Å². The van der Waals surface area contributed by atoms with Crippen LogP contribution in [0.2, 0.25) is 0 Å². The van der Waals surface area contributed by atoms with Crippen molar-refractivity contribution < 1.29 is 39.3 Å². The number of nitrogens with one attached hydrogen (secondary N) is 1. The van der Waals surface area contributed by atoms with Crippen LogP contribution in [0.5, 0.6) is 5.75 Å². The number of carbonyl (C=O) groups is 3. The number of Topliss-reactive ketones (excluding diaryl/α,β-unsaturated/α-hetero) is 1. The molecular formula is C30H36N2O8. The fraction of sp³-hybridized carbons (Fsp3) is 0.467. The van der Waals surface area contributed by atoms with Gasteiger partial charge in [-0.15, -0.1) is 0 Å². The third-order valence-electron chi connectivity index (χ3n) is 7.86. The van der Waals surface area contributed by atoms with Gasteiger partial charge in [-0.3, -0.25) is 14.4 Å². The molecule has 0 heterocycles. The minimum Gasteiger partial charge on any atom is -0.491 e. The Labute approximate surface area is 233 Å². The number of ketones is 1. The number of aliphatic hydroxyl groups excluding tert-OH is 3. The number of amides is 1. The molecule has 0 bridgehead atoms. The highest BCUT2D eigenvalue weighted by atomic mass is 16.7. The van der Waals surface area contributed by atoms with Crippen LogP contribution in [0.4, 0.5) is 4.79 Å². The first-order valence-corrected chi connectivity index (χ1v) is 13.7. The van der Waals surface area contributed by atoms with Crippen molar-refractivity contribution in [2.75, 3.05) is 33.0 Å². The topological polar surface area (TPSA) is 155 Å². The van der Waals surface area contributed by atoms with E-state index in [1.54, 1.807) is 30.3 Å². The summed E-state index contributed by atoms with van der Waals surface area (Å²) in [4.78, 5) is 41.9. The van der Waals surface area contributed by atoms with Crippen molar-refractivity contribution in [3.05, 3.63) is 53.1 Å². The van der Waals surface area contributed by atoms with Crippen LogP contribution >= 0.6 is 0 Å². The van der Waals surface area contributed by atoms with Gasteiger partial charge in [-0.1, -0.05) is 42.6 Å². The first-order valence-electron chi connectivity index (χ1n) is 13.7. The Hall–Kier alpha value is -3.60. The molecule has 10 heteroatoms. The number of hydrogen-bond acceptors (Lipinski definition) is 9. The Morgan fingerprint density at radius 3 is 2.27 bits per heavy atom. The van der Waals surface area contributed by atoms with E-state index in [0.29, 0.717) is 36.6 Å². The second-order valence-electron chi connectivity index (χ2n) is 10.3. The highest BCUT2D eigenvalue weighted by Crippen LogP contribution is 2.53. The first kappa shape index (κ1) is 29.4. The standard InChI is InChI=1S/C30H36N2O8/c33-12-10-30(11-13-34)25-8-6-21(16-23(25)24-17-22(39-15-14-35)7-9-26(24)30)28(37)27(19-36)32-40-29(38)31-18-20-4-2-1-3-5-20/h6-9,16-17,19-20,33-35H,1-5,10-15,18H2,(H,31,38)/b32-27+. The molecule has 4 N–H and O–H groups in total. The van der Waals surface area contributed by atoms with Gasteiger partial charge in [-0.05, 0) is 72.1 Å². The number of aldehydes is 1. The van der Waals surface area contributed by atoms with Gasteiger partial charge in [0.2, 0.25) is 5.78 Å². The summed E-state index contributed by atoms with van der Waals surface area (Å²) in [7, 11) is 0. The van der Waals surface area contributed by atoms with E-state index < -0.39 is 23.0 Å². The molecule has 2 aromatic carbocycles. The van der Waals surface area contributed by atoms with Crippen molar-refractivity contribution in [1.29, 1.82) is 0 Å². The summed E-state index contributed by atoms with van der Waals surface area (Å²) >= 11 is 0. The van der Waals surface area contributed by atoms with Crippen molar-refractivity contribution in [2.24, 2.45) is 11.1 Å². The molecule has 214 valence electrons. The van der Waals surface area contributed by atoms with Gasteiger partial charge in [0.05, 0.1) is 6.61 Å². The van der Waals surface area contributed by atoms with Crippen LogP contribution in [0.25, 0.3) is 11.1 Å². The molecular weight excluding hydrogens is 516 g/mol. The lowest BCUT2D eigenvalue weighted by Gasteiger charge is -2.31. The SMILES string of the molecule is O=C/C(=N\OC(=O)NCC1CCCCC1)C(=O)c1ccc2c(c1)-c1cc(OCCO)ccc1C2(CCO)CCO. The van der Waals surface area contributed by atoms with Crippen LogP contribution in [-0.4, -0.2) is 72.2 Å². The molecule has 0 spiro atoms. The van der Waals surface area contributed by atoms with E-state index in [1.165, 1.54) is 6.42 Å². The molecule has 1 fully saturated rings. The third-order valence-corrected chi connectivity index (χ3v) is 7.86. The molecule has 0 aromatic heterocycles. The second kappa shape index (κ2) is 13.6. The zero-order valence-electron chi connectivity index (χ0n) is 22.4. The molecule has 2 aromatic rings. The summed E-state index contributed by atoms with van der Waals surface area (Å²) in [6.45, 7) is 0.168. The summed E-state index contributed by atoms with van der Waals surface area (Å²) in [6.07, 6.45) is 5.66. The van der Waals surface area contributed by atoms with Crippen LogP contribution in [0.15, 0.2) is 41.6 Å². The fourth-order valence-electron chi connectivity index (χ4n) is 5.94. The van der Waals surface area contributed by atoms with Gasteiger partial charge in [0.15, 0.2) is 12.0 Å². The first-order chi connectivity index (χ1) is 19.5. The largest absolute Gasteiger partial charge is 0.491 e. The number of aliphatic hydroxyl groups is 3. The Morgan fingerprint density at radius 2 is 1.62 bits per heavy atom. The molecule has 0 aliphatic heterocycles. The lowest BCUT2D eigenvalue weighted by Crippen LogP contribution is -2.30. The minimum atomic E-state index is -0.825. The Balaban J connectivity index is 1.60. The molecule has 0 atom stereocenters. The van der Waals surface area contributed by atoms with E-state index in [-0.39, 0.29) is 38.3 Å². The van der Waals surface area contributed by atoms with E-state index in [9.17, 15) is 24.6 Å². The molecule has 40 heavy (non-hydrogen) atoms. The maximum absolute atomic E-state index is 13.2. The zero-order valence-corrected chi connectivity index (χ0v) is 22.4. The van der Waals surface area contributed by atoms with Gasteiger partial charge in [0.25, 0.3) is 0 Å². The van der Waals surface area contributed by atoms with Gasteiger partial charge < -0.3 is 25.4 Å². The number of benzene rings is 2. The molecule has 2 aliphatic rings. The number of rotatable bonds is 13. The Morgan fingerprint density at radius 1 is 0.950 bits per heavy atom. The van der Waals surface area contributed by atoms with E-state index in [4.69, 9.17) is 14.7 Å². The molecule has 10 nitrogen and oxygen atoms in total. The van der Waals surface area contributed by atoms with Crippen LogP contribution in [0.3, 0.4) is 0 Å². The van der Waals surface area contributed by atoms with Crippen LogP contribution in [0.1, 0.15) is 66.4 Å². The molecule has 0 saturated heterocycles. The van der Waals surface area contributed by atoms with Gasteiger partial charge in [-0.25, -0.2) is 4.79 Å². The average molecular weight is 553 g/mol. The minimum absolute atomic E-state index is 0.107. The second-order valence-corrected chi connectivity index (χ2v) is 10.3. The van der Waals surface area contributed by atoms with Crippen molar-refractivity contribution in [3.8, 4) is 16.9 Å². The molecule has 1 saturated carbocycles. The van der Waals surface area contributed by atoms with E-state index >= 15 is 0 Å². The highest BCUT2D eigenvalue weighted by Gasteiger charge is 2.43. The predicted molar refractivity (Wildman–Crippen MR) is 148 cm³/mol. The van der Waals surface area contributed by atoms with Crippen LogP contribution < -0.4 is 10.1 Å². The average Bonchev–Trinajstić information content (AvgIpc) is 3.24.